The van der Waals surface area contributed by atoms with E-state index in [4.69, 9.17) is 11.6 Å². The van der Waals surface area contributed by atoms with Gasteiger partial charge < -0.3 is 10.4 Å². The summed E-state index contributed by atoms with van der Waals surface area (Å²) < 4.78 is 1.85. The standard InChI is InChI=1S/C19H15ClN4O/c1-12-3-8-16(25)15(11-12)17-18(22-14-6-4-13(20)5-7-14)24-10-2-9-21-19(24)23-17/h2-11,22,25H,1H3. The molecule has 0 spiro atoms. The Morgan fingerprint density at radius 3 is 2.72 bits per heavy atom. The van der Waals surface area contributed by atoms with Gasteiger partial charge in [-0.1, -0.05) is 23.2 Å². The van der Waals surface area contributed by atoms with Crippen LogP contribution >= 0.6 is 11.6 Å². The molecule has 0 aliphatic carbocycles. The van der Waals surface area contributed by atoms with E-state index < -0.39 is 0 Å². The molecule has 0 fully saturated rings. The lowest BCUT2D eigenvalue weighted by molar-refractivity contribution is 0.477. The van der Waals surface area contributed by atoms with E-state index in [9.17, 15) is 5.11 Å². The Morgan fingerprint density at radius 1 is 1.12 bits per heavy atom. The third kappa shape index (κ3) is 2.90. The van der Waals surface area contributed by atoms with Crippen molar-refractivity contribution in [1.82, 2.24) is 14.4 Å². The monoisotopic (exact) mass is 350 g/mol. The minimum absolute atomic E-state index is 0.174. The molecule has 0 bridgehead atoms. The van der Waals surface area contributed by atoms with Gasteiger partial charge in [0.2, 0.25) is 5.78 Å². The van der Waals surface area contributed by atoms with Gasteiger partial charge in [0.1, 0.15) is 17.3 Å². The molecule has 6 heteroatoms. The molecule has 2 heterocycles. The number of hydrogen-bond acceptors (Lipinski definition) is 4. The summed E-state index contributed by atoms with van der Waals surface area (Å²) in [5.74, 6) is 1.45. The minimum atomic E-state index is 0.174. The molecule has 4 aromatic rings. The van der Waals surface area contributed by atoms with Crippen LogP contribution < -0.4 is 5.32 Å². The lowest BCUT2D eigenvalue weighted by atomic mass is 10.1. The normalized spacial score (nSPS) is 11.0. The zero-order chi connectivity index (χ0) is 17.4. The van der Waals surface area contributed by atoms with Crippen molar-refractivity contribution in [3.8, 4) is 17.0 Å². The molecule has 5 nitrogen and oxygen atoms in total. The van der Waals surface area contributed by atoms with Crippen molar-refractivity contribution < 1.29 is 5.11 Å². The van der Waals surface area contributed by atoms with Crippen LogP contribution in [0.2, 0.25) is 5.02 Å². The van der Waals surface area contributed by atoms with Crippen LogP contribution in [0.25, 0.3) is 17.0 Å². The fraction of sp³-hybridized carbons (Fsp3) is 0.0526. The average molecular weight is 351 g/mol. The molecular weight excluding hydrogens is 336 g/mol. The third-order valence-electron chi connectivity index (χ3n) is 3.92. The van der Waals surface area contributed by atoms with Gasteiger partial charge in [0.15, 0.2) is 0 Å². The highest BCUT2D eigenvalue weighted by Gasteiger charge is 2.18. The second-order valence-electron chi connectivity index (χ2n) is 5.75. The van der Waals surface area contributed by atoms with E-state index in [0.717, 1.165) is 17.1 Å². The summed E-state index contributed by atoms with van der Waals surface area (Å²) in [5, 5.41) is 14.4. The van der Waals surface area contributed by atoms with Crippen LogP contribution in [0.1, 0.15) is 5.56 Å². The van der Waals surface area contributed by atoms with Crippen LogP contribution in [0.5, 0.6) is 5.75 Å². The maximum atomic E-state index is 10.3. The average Bonchev–Trinajstić information content (AvgIpc) is 2.97. The number of imidazole rings is 1. The predicted molar refractivity (Wildman–Crippen MR) is 99.6 cm³/mol. The highest BCUT2D eigenvalue weighted by molar-refractivity contribution is 6.30. The van der Waals surface area contributed by atoms with Crippen molar-refractivity contribution in [2.45, 2.75) is 6.92 Å². The first-order valence-corrected chi connectivity index (χ1v) is 8.15. The number of hydrogen-bond donors (Lipinski definition) is 2. The number of anilines is 2. The molecule has 0 saturated carbocycles. The van der Waals surface area contributed by atoms with Gasteiger partial charge in [-0.15, -0.1) is 0 Å². The molecule has 2 N–H and O–H groups in total. The second kappa shape index (κ2) is 6.11. The summed E-state index contributed by atoms with van der Waals surface area (Å²) in [6.07, 6.45) is 3.57. The highest BCUT2D eigenvalue weighted by Crippen LogP contribution is 2.36. The Morgan fingerprint density at radius 2 is 1.92 bits per heavy atom. The van der Waals surface area contributed by atoms with Gasteiger partial charge >= 0.3 is 0 Å². The van der Waals surface area contributed by atoms with E-state index in [0.29, 0.717) is 22.1 Å². The first-order valence-electron chi connectivity index (χ1n) is 7.77. The Balaban J connectivity index is 1.92. The number of nitrogens with one attached hydrogen (secondary N) is 1. The number of fused-ring (bicyclic) bond motifs is 1. The summed E-state index contributed by atoms with van der Waals surface area (Å²) in [6.45, 7) is 1.98. The number of nitrogens with zero attached hydrogens (tertiary/aromatic N) is 3. The zero-order valence-corrected chi connectivity index (χ0v) is 14.2. The van der Waals surface area contributed by atoms with E-state index in [1.54, 1.807) is 12.3 Å². The topological polar surface area (TPSA) is 62.5 Å². The van der Waals surface area contributed by atoms with Crippen LogP contribution in [-0.4, -0.2) is 19.5 Å². The maximum Gasteiger partial charge on any atom is 0.235 e. The number of phenols is 1. The first kappa shape index (κ1) is 15.5. The Bertz CT molecular complexity index is 1060. The largest absolute Gasteiger partial charge is 0.507 e. The fourth-order valence-corrected chi connectivity index (χ4v) is 2.83. The highest BCUT2D eigenvalue weighted by atomic mass is 35.5. The minimum Gasteiger partial charge on any atom is -0.507 e. The van der Waals surface area contributed by atoms with Gasteiger partial charge in [0.05, 0.1) is 0 Å². The smallest absolute Gasteiger partial charge is 0.235 e. The number of phenolic OH excluding ortho intramolecular Hbond substituents is 1. The van der Waals surface area contributed by atoms with E-state index in [1.807, 2.05) is 60.0 Å². The molecular formula is C19H15ClN4O. The molecule has 0 aliphatic rings. The van der Waals surface area contributed by atoms with Crippen LogP contribution in [0, 0.1) is 6.92 Å². The van der Waals surface area contributed by atoms with Crippen LogP contribution in [0.3, 0.4) is 0 Å². The van der Waals surface area contributed by atoms with Crippen molar-refractivity contribution >= 4 is 28.9 Å². The molecule has 0 atom stereocenters. The molecule has 2 aromatic carbocycles. The van der Waals surface area contributed by atoms with E-state index in [-0.39, 0.29) is 5.75 Å². The van der Waals surface area contributed by atoms with Crippen molar-refractivity contribution in [1.29, 1.82) is 0 Å². The number of aromatic hydroxyl groups is 1. The van der Waals surface area contributed by atoms with Gasteiger partial charge in [0, 0.05) is 28.7 Å². The van der Waals surface area contributed by atoms with Crippen molar-refractivity contribution in [2.24, 2.45) is 0 Å². The molecule has 25 heavy (non-hydrogen) atoms. The number of halogens is 1. The molecule has 0 amide bonds. The molecule has 124 valence electrons. The Labute approximate surface area is 149 Å². The lowest BCUT2D eigenvalue weighted by Crippen LogP contribution is -1.97. The van der Waals surface area contributed by atoms with Crippen LogP contribution in [-0.2, 0) is 0 Å². The summed E-state index contributed by atoms with van der Waals surface area (Å²) in [5.41, 5.74) is 3.19. The molecule has 0 radical (unpaired) electrons. The molecule has 0 aliphatic heterocycles. The number of rotatable bonds is 3. The second-order valence-corrected chi connectivity index (χ2v) is 6.19. The first-order chi connectivity index (χ1) is 12.1. The van der Waals surface area contributed by atoms with Crippen LogP contribution in [0.4, 0.5) is 11.5 Å². The van der Waals surface area contributed by atoms with Crippen molar-refractivity contribution in [2.75, 3.05) is 5.32 Å². The van der Waals surface area contributed by atoms with Gasteiger partial charge in [-0.2, -0.15) is 0 Å². The molecule has 4 rings (SSSR count). The third-order valence-corrected chi connectivity index (χ3v) is 4.17. The van der Waals surface area contributed by atoms with Gasteiger partial charge in [-0.05, 0) is 49.4 Å². The van der Waals surface area contributed by atoms with E-state index in [2.05, 4.69) is 15.3 Å². The Kier molecular flexibility index (Phi) is 3.78. The maximum absolute atomic E-state index is 10.3. The zero-order valence-electron chi connectivity index (χ0n) is 13.4. The summed E-state index contributed by atoms with van der Waals surface area (Å²) in [4.78, 5) is 8.91. The summed E-state index contributed by atoms with van der Waals surface area (Å²) in [6, 6.07) is 14.7. The predicted octanol–water partition coefficient (Wildman–Crippen LogP) is 4.81. The van der Waals surface area contributed by atoms with Gasteiger partial charge in [-0.3, -0.25) is 4.40 Å². The van der Waals surface area contributed by atoms with E-state index in [1.165, 1.54) is 0 Å². The summed E-state index contributed by atoms with van der Waals surface area (Å²) >= 11 is 5.97. The number of aromatic nitrogens is 3. The van der Waals surface area contributed by atoms with E-state index >= 15 is 0 Å². The Hall–Kier alpha value is -3.05. The SMILES string of the molecule is Cc1ccc(O)c(-c2nc3ncccn3c2Nc2ccc(Cl)cc2)c1. The van der Waals surface area contributed by atoms with Crippen LogP contribution in [0.15, 0.2) is 60.9 Å². The molecule has 2 aromatic heterocycles. The quantitative estimate of drug-likeness (QED) is 0.556. The fourth-order valence-electron chi connectivity index (χ4n) is 2.70. The molecule has 0 unspecified atom stereocenters. The van der Waals surface area contributed by atoms with Crippen molar-refractivity contribution in [3.63, 3.8) is 0 Å². The van der Waals surface area contributed by atoms with Gasteiger partial charge in [-0.25, -0.2) is 9.97 Å². The van der Waals surface area contributed by atoms with Crippen molar-refractivity contribution in [3.05, 3.63) is 71.5 Å². The summed E-state index contributed by atoms with van der Waals surface area (Å²) in [7, 11) is 0. The number of aryl methyl sites for hydroxylation is 1. The molecule has 0 saturated heterocycles. The van der Waals surface area contributed by atoms with Gasteiger partial charge in [0.25, 0.3) is 0 Å². The lowest BCUT2D eigenvalue weighted by Gasteiger charge is -2.10. The number of benzene rings is 2.